The molecule has 166 valence electrons. The second-order valence-corrected chi connectivity index (χ2v) is 8.46. The van der Waals surface area contributed by atoms with Gasteiger partial charge < -0.3 is 15.1 Å². The number of fused-ring (bicyclic) bond motifs is 2. The van der Waals surface area contributed by atoms with E-state index in [4.69, 9.17) is 0 Å². The highest BCUT2D eigenvalue weighted by molar-refractivity contribution is 5.92. The van der Waals surface area contributed by atoms with E-state index in [0.29, 0.717) is 30.0 Å². The van der Waals surface area contributed by atoms with Gasteiger partial charge in [-0.3, -0.25) is 9.78 Å². The van der Waals surface area contributed by atoms with Crippen LogP contribution in [0.5, 0.6) is 0 Å². The fraction of sp³-hybridized carbons (Fsp3) is 0.391. The maximum atomic E-state index is 14.3. The minimum absolute atomic E-state index is 0.215. The summed E-state index contributed by atoms with van der Waals surface area (Å²) in [5.74, 6) is -1.06. The Labute approximate surface area is 184 Å². The number of hydrogen-bond acceptors (Lipinski definition) is 6. The van der Waals surface area contributed by atoms with Crippen LogP contribution < -0.4 is 10.2 Å². The van der Waals surface area contributed by atoms with Gasteiger partial charge in [0.1, 0.15) is 0 Å². The van der Waals surface area contributed by atoms with Gasteiger partial charge in [-0.05, 0) is 32.4 Å². The van der Waals surface area contributed by atoms with Crippen LogP contribution in [0.25, 0.3) is 10.9 Å². The molecule has 32 heavy (non-hydrogen) atoms. The molecule has 1 aromatic carbocycles. The van der Waals surface area contributed by atoms with Crippen LogP contribution in [0.2, 0.25) is 0 Å². The van der Waals surface area contributed by atoms with Crippen molar-refractivity contribution in [3.63, 3.8) is 0 Å². The van der Waals surface area contributed by atoms with Crippen molar-refractivity contribution in [2.45, 2.75) is 38.8 Å². The molecule has 2 aromatic heterocycles. The van der Waals surface area contributed by atoms with Gasteiger partial charge in [0.25, 0.3) is 0 Å². The number of rotatable bonds is 4. The monoisotopic (exact) mass is 438 g/mol. The van der Waals surface area contributed by atoms with Crippen molar-refractivity contribution in [3.05, 3.63) is 53.4 Å². The Morgan fingerprint density at radius 2 is 2.06 bits per heavy atom. The van der Waals surface area contributed by atoms with Crippen LogP contribution in [0.4, 0.5) is 20.3 Å². The molecule has 5 rings (SSSR count). The second kappa shape index (κ2) is 7.96. The van der Waals surface area contributed by atoms with E-state index in [1.807, 2.05) is 24.1 Å². The Hall–Kier alpha value is -3.36. The Bertz CT molecular complexity index is 1200. The number of nitrogens with one attached hydrogen (secondary N) is 1. The van der Waals surface area contributed by atoms with E-state index >= 15 is 0 Å². The standard InChI is InChI=1S/C23H24F2N6O/c1-13(17-4-3-5-19(24)21(17)25)27-23-18-10-16(11-26-22(18)14(2)28-29-23)30-8-9-31-15(12-30)6-7-20(31)32/h3-5,10-11,13,15H,6-9,12H2,1-2H3,(H,27,29)/t13-,15-/m1/s1. The van der Waals surface area contributed by atoms with E-state index in [1.54, 1.807) is 13.0 Å². The number of carbonyl (C=O) groups excluding carboxylic acids is 1. The van der Waals surface area contributed by atoms with Crippen molar-refractivity contribution in [2.24, 2.45) is 0 Å². The first-order valence-electron chi connectivity index (χ1n) is 10.8. The van der Waals surface area contributed by atoms with Gasteiger partial charge in [0.05, 0.1) is 29.1 Å². The van der Waals surface area contributed by atoms with Crippen LogP contribution in [-0.4, -0.2) is 51.7 Å². The number of aryl methyl sites for hydroxylation is 1. The van der Waals surface area contributed by atoms with Gasteiger partial charge in [-0.2, -0.15) is 5.10 Å². The summed E-state index contributed by atoms with van der Waals surface area (Å²) in [6, 6.07) is 5.85. The van der Waals surface area contributed by atoms with Gasteiger partial charge in [0, 0.05) is 43.0 Å². The Balaban J connectivity index is 1.47. The number of amides is 1. The number of pyridine rings is 1. The molecule has 2 fully saturated rings. The van der Waals surface area contributed by atoms with E-state index in [-0.39, 0.29) is 17.5 Å². The summed E-state index contributed by atoms with van der Waals surface area (Å²) >= 11 is 0. The van der Waals surface area contributed by atoms with Gasteiger partial charge in [-0.25, -0.2) is 8.78 Å². The van der Waals surface area contributed by atoms with Crippen molar-refractivity contribution in [2.75, 3.05) is 29.9 Å². The first-order chi connectivity index (χ1) is 15.4. The lowest BCUT2D eigenvalue weighted by Gasteiger charge is -2.38. The molecule has 7 nitrogen and oxygen atoms in total. The minimum atomic E-state index is -0.885. The molecule has 2 aliphatic rings. The molecule has 0 bridgehead atoms. The fourth-order valence-corrected chi connectivity index (χ4v) is 4.66. The molecule has 1 N–H and O–H groups in total. The Morgan fingerprint density at radius 1 is 1.22 bits per heavy atom. The fourth-order valence-electron chi connectivity index (χ4n) is 4.66. The summed E-state index contributed by atoms with van der Waals surface area (Å²) < 4.78 is 28.0. The molecular formula is C23H24F2N6O. The van der Waals surface area contributed by atoms with Crippen LogP contribution in [-0.2, 0) is 4.79 Å². The zero-order chi connectivity index (χ0) is 22.4. The molecule has 3 aromatic rings. The SMILES string of the molecule is Cc1nnc(N[C@H](C)c2cccc(F)c2F)c2cc(N3CCN4C(=O)CC[C@@H]4C3)cnc12. The van der Waals surface area contributed by atoms with Crippen molar-refractivity contribution in [1.29, 1.82) is 0 Å². The molecule has 0 unspecified atom stereocenters. The van der Waals surface area contributed by atoms with Crippen LogP contribution in [0.1, 0.15) is 37.1 Å². The molecule has 0 aliphatic carbocycles. The van der Waals surface area contributed by atoms with Crippen LogP contribution >= 0.6 is 0 Å². The van der Waals surface area contributed by atoms with Crippen LogP contribution in [0, 0.1) is 18.6 Å². The topological polar surface area (TPSA) is 74.2 Å². The van der Waals surface area contributed by atoms with Crippen molar-refractivity contribution in [3.8, 4) is 0 Å². The number of carbonyl (C=O) groups is 1. The predicted octanol–water partition coefficient (Wildman–Crippen LogP) is 3.60. The van der Waals surface area contributed by atoms with E-state index in [1.165, 1.54) is 6.07 Å². The maximum absolute atomic E-state index is 14.3. The third kappa shape index (κ3) is 3.51. The lowest BCUT2D eigenvalue weighted by atomic mass is 10.1. The second-order valence-electron chi connectivity index (χ2n) is 8.46. The molecule has 2 saturated heterocycles. The van der Waals surface area contributed by atoms with Crippen LogP contribution in [0.3, 0.4) is 0 Å². The molecule has 1 amide bonds. The summed E-state index contributed by atoms with van der Waals surface area (Å²) in [7, 11) is 0. The third-order valence-corrected chi connectivity index (χ3v) is 6.43. The van der Waals surface area contributed by atoms with E-state index in [9.17, 15) is 13.6 Å². The average molecular weight is 438 g/mol. The predicted molar refractivity (Wildman–Crippen MR) is 117 cm³/mol. The van der Waals surface area contributed by atoms with Gasteiger partial charge in [0.2, 0.25) is 5.91 Å². The summed E-state index contributed by atoms with van der Waals surface area (Å²) in [5, 5.41) is 12.4. The number of anilines is 2. The number of halogens is 2. The zero-order valence-corrected chi connectivity index (χ0v) is 18.0. The summed E-state index contributed by atoms with van der Waals surface area (Å²) in [5.41, 5.74) is 2.55. The highest BCUT2D eigenvalue weighted by Crippen LogP contribution is 2.31. The summed E-state index contributed by atoms with van der Waals surface area (Å²) in [6.45, 7) is 5.80. The number of benzene rings is 1. The number of nitrogens with zero attached hydrogens (tertiary/aromatic N) is 5. The number of piperazine rings is 1. The average Bonchev–Trinajstić information content (AvgIpc) is 3.17. The van der Waals surface area contributed by atoms with Crippen molar-refractivity contribution >= 4 is 28.3 Å². The number of aromatic nitrogens is 3. The molecule has 0 spiro atoms. The minimum Gasteiger partial charge on any atom is -0.366 e. The molecule has 9 heteroatoms. The quantitative estimate of drug-likeness (QED) is 0.671. The maximum Gasteiger partial charge on any atom is 0.223 e. The molecule has 2 atom stereocenters. The third-order valence-electron chi connectivity index (χ3n) is 6.43. The molecule has 2 aliphatic heterocycles. The van der Waals surface area contributed by atoms with Crippen molar-refractivity contribution < 1.29 is 13.6 Å². The normalized spacial score (nSPS) is 19.4. The highest BCUT2D eigenvalue weighted by atomic mass is 19.2. The summed E-state index contributed by atoms with van der Waals surface area (Å²) in [4.78, 5) is 20.8. The van der Waals surface area contributed by atoms with Crippen LogP contribution in [0.15, 0.2) is 30.5 Å². The first kappa shape index (κ1) is 20.5. The van der Waals surface area contributed by atoms with E-state index in [2.05, 4.69) is 25.4 Å². The molecular weight excluding hydrogens is 414 g/mol. The zero-order valence-electron chi connectivity index (χ0n) is 18.0. The highest BCUT2D eigenvalue weighted by Gasteiger charge is 2.35. The van der Waals surface area contributed by atoms with Gasteiger partial charge in [0.15, 0.2) is 17.5 Å². The van der Waals surface area contributed by atoms with E-state index in [0.717, 1.165) is 36.7 Å². The lowest BCUT2D eigenvalue weighted by Crippen LogP contribution is -2.51. The molecule has 4 heterocycles. The van der Waals surface area contributed by atoms with Crippen molar-refractivity contribution in [1.82, 2.24) is 20.1 Å². The first-order valence-corrected chi connectivity index (χ1v) is 10.8. The van der Waals surface area contributed by atoms with Gasteiger partial charge in [-0.1, -0.05) is 12.1 Å². The largest absolute Gasteiger partial charge is 0.366 e. The Morgan fingerprint density at radius 3 is 2.91 bits per heavy atom. The van der Waals surface area contributed by atoms with Gasteiger partial charge in [-0.15, -0.1) is 5.10 Å². The number of hydrogen-bond donors (Lipinski definition) is 1. The lowest BCUT2D eigenvalue weighted by molar-refractivity contribution is -0.129. The van der Waals surface area contributed by atoms with Gasteiger partial charge >= 0.3 is 0 Å². The van der Waals surface area contributed by atoms with E-state index < -0.39 is 17.7 Å². The molecule has 0 radical (unpaired) electrons. The smallest absolute Gasteiger partial charge is 0.223 e. The summed E-state index contributed by atoms with van der Waals surface area (Å²) in [6.07, 6.45) is 3.32. The molecule has 0 saturated carbocycles. The Kier molecular flexibility index (Phi) is 5.11.